The first kappa shape index (κ1) is 16.6. The molecule has 0 bridgehead atoms. The third-order valence-electron chi connectivity index (χ3n) is 2.56. The fraction of sp³-hybridized carbons (Fsp3) is 0.462. The Balaban J connectivity index is 2.50. The number of rotatable bonds is 7. The van der Waals surface area contributed by atoms with Crippen molar-refractivity contribution in [2.45, 2.75) is 25.9 Å². The van der Waals surface area contributed by atoms with E-state index in [9.17, 15) is 13.2 Å². The molecule has 0 heterocycles. The summed E-state index contributed by atoms with van der Waals surface area (Å²) < 4.78 is 24.9. The van der Waals surface area contributed by atoms with E-state index in [1.807, 2.05) is 0 Å². The van der Waals surface area contributed by atoms with Gasteiger partial charge in [-0.3, -0.25) is 0 Å². The lowest BCUT2D eigenvalue weighted by Crippen LogP contribution is -2.49. The maximum atomic E-state index is 11.2. The van der Waals surface area contributed by atoms with Crippen molar-refractivity contribution in [3.8, 4) is 0 Å². The molecule has 0 spiro atoms. The van der Waals surface area contributed by atoms with Gasteiger partial charge in [0.05, 0.1) is 11.8 Å². The number of sulfonamides is 1. The molecule has 3 N–H and O–H groups in total. The summed E-state index contributed by atoms with van der Waals surface area (Å²) in [6.45, 7) is 4.57. The Bertz CT molecular complexity index is 565. The molecule has 0 saturated heterocycles. The Morgan fingerprint density at radius 3 is 2.25 bits per heavy atom. The monoisotopic (exact) mass is 300 g/mol. The van der Waals surface area contributed by atoms with Crippen molar-refractivity contribution < 1.29 is 18.3 Å². The van der Waals surface area contributed by atoms with Gasteiger partial charge in [-0.1, -0.05) is 12.1 Å². The summed E-state index contributed by atoms with van der Waals surface area (Å²) in [5.74, 6) is -0.956. The summed E-state index contributed by atoms with van der Waals surface area (Å²) in [6.07, 6.45) is 1.12. The van der Waals surface area contributed by atoms with Crippen LogP contribution in [0.3, 0.4) is 0 Å². The van der Waals surface area contributed by atoms with Crippen LogP contribution in [0, 0.1) is 0 Å². The van der Waals surface area contributed by atoms with Crippen molar-refractivity contribution in [1.29, 1.82) is 0 Å². The summed E-state index contributed by atoms with van der Waals surface area (Å²) in [7, 11) is -3.25. The minimum Gasteiger partial charge on any atom is -0.478 e. The molecular weight excluding hydrogens is 280 g/mol. The van der Waals surface area contributed by atoms with Gasteiger partial charge in [-0.05, 0) is 31.5 Å². The van der Waals surface area contributed by atoms with Crippen LogP contribution in [0.5, 0.6) is 0 Å². The van der Waals surface area contributed by atoms with Crippen LogP contribution in [-0.2, 0) is 16.6 Å². The standard InChI is InChI=1S/C13H20N2O4S/c1-13(2,15-20(3,18)19)9-14-8-10-4-6-11(7-5-10)12(16)17/h4-7,14-15H,8-9H2,1-3H3,(H,16,17). The summed E-state index contributed by atoms with van der Waals surface area (Å²) in [6, 6.07) is 6.54. The average Bonchev–Trinajstić information content (AvgIpc) is 2.26. The van der Waals surface area contributed by atoms with Crippen LogP contribution in [0.2, 0.25) is 0 Å². The van der Waals surface area contributed by atoms with E-state index in [0.29, 0.717) is 13.1 Å². The SMILES string of the molecule is CC(C)(CNCc1ccc(C(=O)O)cc1)NS(C)(=O)=O. The molecule has 0 atom stereocenters. The highest BCUT2D eigenvalue weighted by molar-refractivity contribution is 7.88. The van der Waals surface area contributed by atoms with Gasteiger partial charge in [-0.15, -0.1) is 0 Å². The van der Waals surface area contributed by atoms with Gasteiger partial charge in [-0.2, -0.15) is 0 Å². The van der Waals surface area contributed by atoms with Gasteiger partial charge in [0.1, 0.15) is 0 Å². The number of carboxylic acids is 1. The van der Waals surface area contributed by atoms with Crippen LogP contribution in [-0.4, -0.2) is 37.8 Å². The Morgan fingerprint density at radius 1 is 1.25 bits per heavy atom. The van der Waals surface area contributed by atoms with Crippen LogP contribution in [0.15, 0.2) is 24.3 Å². The lowest BCUT2D eigenvalue weighted by molar-refractivity contribution is 0.0697. The van der Waals surface area contributed by atoms with Crippen molar-refractivity contribution in [2.75, 3.05) is 12.8 Å². The molecule has 0 amide bonds. The number of aromatic carboxylic acids is 1. The van der Waals surface area contributed by atoms with Crippen LogP contribution in [0.4, 0.5) is 0 Å². The second-order valence-corrected chi connectivity index (χ2v) is 7.11. The maximum Gasteiger partial charge on any atom is 0.335 e. The topological polar surface area (TPSA) is 95.5 Å². The average molecular weight is 300 g/mol. The molecular formula is C13H20N2O4S. The van der Waals surface area contributed by atoms with Crippen molar-refractivity contribution in [1.82, 2.24) is 10.0 Å². The minimum atomic E-state index is -3.25. The van der Waals surface area contributed by atoms with Gasteiger partial charge < -0.3 is 10.4 Å². The molecule has 0 aliphatic rings. The Labute approximate surface area is 119 Å². The molecule has 0 fully saturated rings. The second-order valence-electron chi connectivity index (χ2n) is 5.36. The van der Waals surface area contributed by atoms with Crippen molar-refractivity contribution >= 4 is 16.0 Å². The first-order valence-electron chi connectivity index (χ1n) is 6.11. The van der Waals surface area contributed by atoms with E-state index in [-0.39, 0.29) is 5.56 Å². The molecule has 7 heteroatoms. The van der Waals surface area contributed by atoms with Gasteiger partial charge in [0.2, 0.25) is 10.0 Å². The summed E-state index contributed by atoms with van der Waals surface area (Å²) in [5.41, 5.74) is 0.590. The molecule has 112 valence electrons. The zero-order valence-electron chi connectivity index (χ0n) is 11.8. The zero-order valence-corrected chi connectivity index (χ0v) is 12.6. The number of benzene rings is 1. The molecule has 1 aromatic rings. The minimum absolute atomic E-state index is 0.243. The number of carbonyl (C=O) groups is 1. The van der Waals surface area contributed by atoms with Crippen molar-refractivity contribution in [3.05, 3.63) is 35.4 Å². The van der Waals surface area contributed by atoms with E-state index in [1.54, 1.807) is 38.1 Å². The van der Waals surface area contributed by atoms with Gasteiger partial charge >= 0.3 is 5.97 Å². The molecule has 0 aromatic heterocycles. The Hall–Kier alpha value is -1.44. The third-order valence-corrected chi connectivity index (χ3v) is 3.48. The highest BCUT2D eigenvalue weighted by Gasteiger charge is 2.21. The number of hydrogen-bond donors (Lipinski definition) is 3. The predicted octanol–water partition coefficient (Wildman–Crippen LogP) is 0.802. The van der Waals surface area contributed by atoms with Crippen LogP contribution in [0.1, 0.15) is 29.8 Å². The van der Waals surface area contributed by atoms with Gasteiger partial charge in [-0.25, -0.2) is 17.9 Å². The largest absolute Gasteiger partial charge is 0.478 e. The summed E-state index contributed by atoms with van der Waals surface area (Å²) >= 11 is 0. The Kier molecular flexibility index (Phi) is 5.27. The second kappa shape index (κ2) is 6.34. The molecule has 1 rings (SSSR count). The normalized spacial score (nSPS) is 12.3. The van der Waals surface area contributed by atoms with Crippen LogP contribution >= 0.6 is 0 Å². The first-order chi connectivity index (χ1) is 9.09. The number of hydrogen-bond acceptors (Lipinski definition) is 4. The molecule has 6 nitrogen and oxygen atoms in total. The third kappa shape index (κ3) is 6.14. The van der Waals surface area contributed by atoms with E-state index < -0.39 is 21.5 Å². The zero-order chi connectivity index (χ0) is 15.4. The van der Waals surface area contributed by atoms with E-state index in [4.69, 9.17) is 5.11 Å². The Morgan fingerprint density at radius 2 is 1.80 bits per heavy atom. The number of carboxylic acid groups (broad SMARTS) is 1. The van der Waals surface area contributed by atoms with Gasteiger partial charge in [0.25, 0.3) is 0 Å². The fourth-order valence-corrected chi connectivity index (χ4v) is 2.90. The first-order valence-corrected chi connectivity index (χ1v) is 8.00. The summed E-state index contributed by atoms with van der Waals surface area (Å²) in [4.78, 5) is 10.7. The molecule has 20 heavy (non-hydrogen) atoms. The molecule has 0 aliphatic carbocycles. The predicted molar refractivity (Wildman–Crippen MR) is 77.2 cm³/mol. The van der Waals surface area contributed by atoms with E-state index >= 15 is 0 Å². The highest BCUT2D eigenvalue weighted by Crippen LogP contribution is 2.06. The molecule has 0 saturated carbocycles. The fourth-order valence-electron chi connectivity index (χ4n) is 1.82. The van der Waals surface area contributed by atoms with Crippen molar-refractivity contribution in [3.63, 3.8) is 0 Å². The van der Waals surface area contributed by atoms with Gasteiger partial charge in [0.15, 0.2) is 0 Å². The van der Waals surface area contributed by atoms with Crippen molar-refractivity contribution in [2.24, 2.45) is 0 Å². The number of nitrogens with one attached hydrogen (secondary N) is 2. The molecule has 1 aromatic carbocycles. The van der Waals surface area contributed by atoms with E-state index in [2.05, 4.69) is 10.0 Å². The quantitative estimate of drug-likeness (QED) is 0.692. The highest BCUT2D eigenvalue weighted by atomic mass is 32.2. The van der Waals surface area contributed by atoms with E-state index in [1.165, 1.54) is 0 Å². The van der Waals surface area contributed by atoms with E-state index in [0.717, 1.165) is 11.8 Å². The molecule has 0 aliphatic heterocycles. The smallest absolute Gasteiger partial charge is 0.335 e. The molecule has 0 radical (unpaired) electrons. The maximum absolute atomic E-state index is 11.2. The molecule has 0 unspecified atom stereocenters. The lowest BCUT2D eigenvalue weighted by Gasteiger charge is -2.25. The lowest BCUT2D eigenvalue weighted by atomic mass is 10.1. The van der Waals surface area contributed by atoms with Crippen LogP contribution < -0.4 is 10.0 Å². The van der Waals surface area contributed by atoms with Crippen LogP contribution in [0.25, 0.3) is 0 Å². The summed E-state index contributed by atoms with van der Waals surface area (Å²) in [5, 5.41) is 11.9. The van der Waals surface area contributed by atoms with Gasteiger partial charge in [0, 0.05) is 18.6 Å².